The molecule has 1 saturated heterocycles. The number of benzene rings is 2. The molecular weight excluding hydrogens is 472 g/mol. The highest BCUT2D eigenvalue weighted by molar-refractivity contribution is 6.05. The fourth-order valence-electron chi connectivity index (χ4n) is 4.95. The minimum Gasteiger partial charge on any atom is -0.497 e. The van der Waals surface area contributed by atoms with Gasteiger partial charge in [0.15, 0.2) is 0 Å². The second-order valence-electron chi connectivity index (χ2n) is 9.39. The number of nitrogens with zero attached hydrogens (tertiary/aromatic N) is 4. The van der Waals surface area contributed by atoms with Crippen molar-refractivity contribution in [2.75, 3.05) is 53.6 Å². The molecule has 1 unspecified atom stereocenters. The van der Waals surface area contributed by atoms with Gasteiger partial charge < -0.3 is 19.1 Å². The Morgan fingerprint density at radius 2 is 1.76 bits per heavy atom. The first-order valence-corrected chi connectivity index (χ1v) is 12.7. The number of amides is 2. The van der Waals surface area contributed by atoms with Crippen molar-refractivity contribution in [3.63, 3.8) is 0 Å². The first kappa shape index (κ1) is 26.5. The third kappa shape index (κ3) is 5.88. The van der Waals surface area contributed by atoms with Crippen LogP contribution in [0.2, 0.25) is 0 Å². The first-order chi connectivity index (χ1) is 17.8. The largest absolute Gasteiger partial charge is 0.497 e. The van der Waals surface area contributed by atoms with Crippen LogP contribution >= 0.6 is 0 Å². The smallest absolute Gasteiger partial charge is 0.409 e. The number of piperazine rings is 1. The summed E-state index contributed by atoms with van der Waals surface area (Å²) in [6.07, 6.45) is 0.278. The highest BCUT2D eigenvalue weighted by Crippen LogP contribution is 2.37. The quantitative estimate of drug-likeness (QED) is 0.566. The van der Waals surface area contributed by atoms with Crippen LogP contribution in [-0.2, 0) is 9.53 Å². The van der Waals surface area contributed by atoms with Crippen molar-refractivity contribution < 1.29 is 23.8 Å². The summed E-state index contributed by atoms with van der Waals surface area (Å²) in [5.74, 6) is 1.28. The van der Waals surface area contributed by atoms with E-state index in [1.54, 1.807) is 31.1 Å². The van der Waals surface area contributed by atoms with Crippen molar-refractivity contribution in [2.45, 2.75) is 33.2 Å². The third-order valence-electron chi connectivity index (χ3n) is 6.93. The van der Waals surface area contributed by atoms with E-state index in [1.165, 1.54) is 5.56 Å². The maximum absolute atomic E-state index is 13.6. The van der Waals surface area contributed by atoms with Crippen LogP contribution in [0.4, 0.5) is 4.79 Å². The number of ether oxygens (including phenoxy) is 3. The van der Waals surface area contributed by atoms with E-state index in [9.17, 15) is 9.59 Å². The first-order valence-electron chi connectivity index (χ1n) is 12.7. The Morgan fingerprint density at radius 3 is 2.41 bits per heavy atom. The lowest BCUT2D eigenvalue weighted by atomic mass is 9.94. The highest BCUT2D eigenvalue weighted by atomic mass is 16.6. The van der Waals surface area contributed by atoms with Gasteiger partial charge in [-0.2, -0.15) is 5.10 Å². The molecule has 0 radical (unpaired) electrons. The number of aryl methyl sites for hydroxylation is 2. The van der Waals surface area contributed by atoms with Crippen LogP contribution in [0.5, 0.6) is 11.5 Å². The van der Waals surface area contributed by atoms with Gasteiger partial charge in [-0.3, -0.25) is 9.69 Å². The molecule has 2 aliphatic heterocycles. The molecule has 9 nitrogen and oxygen atoms in total. The topological polar surface area (TPSA) is 83.9 Å². The molecule has 0 bridgehead atoms. The zero-order valence-corrected chi connectivity index (χ0v) is 22.3. The Bertz CT molecular complexity index is 1170. The predicted octanol–water partition coefficient (Wildman–Crippen LogP) is 3.77. The second-order valence-corrected chi connectivity index (χ2v) is 9.39. The molecule has 2 aromatic rings. The van der Waals surface area contributed by atoms with E-state index in [1.807, 2.05) is 18.2 Å². The number of carbonyl (C=O) groups is 2. The number of methoxy groups -OCH3 is 2. The minimum atomic E-state index is -0.300. The summed E-state index contributed by atoms with van der Waals surface area (Å²) >= 11 is 0. The van der Waals surface area contributed by atoms with Crippen LogP contribution in [0.25, 0.3) is 0 Å². The van der Waals surface area contributed by atoms with Crippen LogP contribution in [0.1, 0.15) is 41.6 Å². The van der Waals surface area contributed by atoms with E-state index in [4.69, 9.17) is 19.3 Å². The van der Waals surface area contributed by atoms with Gasteiger partial charge in [-0.1, -0.05) is 23.8 Å². The van der Waals surface area contributed by atoms with Gasteiger partial charge in [0.25, 0.3) is 5.91 Å². The molecule has 0 saturated carbocycles. The van der Waals surface area contributed by atoms with Gasteiger partial charge in [0.05, 0.1) is 39.1 Å². The van der Waals surface area contributed by atoms with Gasteiger partial charge in [-0.15, -0.1) is 0 Å². The highest BCUT2D eigenvalue weighted by Gasteiger charge is 2.36. The molecule has 1 atom stereocenters. The summed E-state index contributed by atoms with van der Waals surface area (Å²) in [6, 6.07) is 11.7. The summed E-state index contributed by atoms with van der Waals surface area (Å²) in [6.45, 7) is 8.80. The van der Waals surface area contributed by atoms with Crippen molar-refractivity contribution in [3.05, 3.63) is 58.7 Å². The van der Waals surface area contributed by atoms with Gasteiger partial charge in [-0.25, -0.2) is 9.80 Å². The number of hydrogen-bond donors (Lipinski definition) is 0. The average molecular weight is 509 g/mol. The Hall–Kier alpha value is -3.59. The lowest BCUT2D eigenvalue weighted by Gasteiger charge is -2.34. The molecule has 2 aromatic carbocycles. The maximum Gasteiger partial charge on any atom is 0.409 e. The molecule has 0 N–H and O–H groups in total. The van der Waals surface area contributed by atoms with Gasteiger partial charge in [0.2, 0.25) is 0 Å². The summed E-state index contributed by atoms with van der Waals surface area (Å²) < 4.78 is 16.1. The second kappa shape index (κ2) is 11.6. The SMILES string of the molecule is CCOC(=O)N1CCN(CC(=O)N2N=C(c3ccc(OC)cc3OC)CC2c2ccc(C)cc2C)CC1. The van der Waals surface area contributed by atoms with Crippen LogP contribution in [0.15, 0.2) is 41.5 Å². The zero-order chi connectivity index (χ0) is 26.5. The third-order valence-corrected chi connectivity index (χ3v) is 6.93. The van der Waals surface area contributed by atoms with Crippen molar-refractivity contribution in [3.8, 4) is 11.5 Å². The molecule has 4 rings (SSSR count). The van der Waals surface area contributed by atoms with E-state index in [0.717, 1.165) is 22.4 Å². The van der Waals surface area contributed by atoms with Crippen molar-refractivity contribution >= 4 is 17.7 Å². The number of hydrogen-bond acceptors (Lipinski definition) is 7. The van der Waals surface area contributed by atoms with Crippen molar-refractivity contribution in [1.29, 1.82) is 0 Å². The van der Waals surface area contributed by atoms with Crippen LogP contribution in [0, 0.1) is 13.8 Å². The van der Waals surface area contributed by atoms with E-state index >= 15 is 0 Å². The van der Waals surface area contributed by atoms with Gasteiger partial charge in [0.1, 0.15) is 11.5 Å². The normalized spacial score (nSPS) is 18.0. The van der Waals surface area contributed by atoms with Gasteiger partial charge >= 0.3 is 6.09 Å². The zero-order valence-electron chi connectivity index (χ0n) is 22.3. The monoisotopic (exact) mass is 508 g/mol. The minimum absolute atomic E-state index is 0.0722. The Labute approximate surface area is 218 Å². The lowest BCUT2D eigenvalue weighted by molar-refractivity contribution is -0.134. The van der Waals surface area contributed by atoms with Crippen LogP contribution < -0.4 is 9.47 Å². The summed E-state index contributed by atoms with van der Waals surface area (Å²) in [4.78, 5) is 29.4. The Balaban J connectivity index is 1.57. The molecule has 0 aliphatic carbocycles. The summed E-state index contributed by atoms with van der Waals surface area (Å²) in [7, 11) is 3.24. The number of carbonyl (C=O) groups excluding carboxylic acids is 2. The molecule has 2 heterocycles. The lowest BCUT2D eigenvalue weighted by Crippen LogP contribution is -2.51. The molecule has 2 amide bonds. The Morgan fingerprint density at radius 1 is 1.00 bits per heavy atom. The Kier molecular flexibility index (Phi) is 8.33. The van der Waals surface area contributed by atoms with Crippen LogP contribution in [-0.4, -0.2) is 86.1 Å². The molecule has 0 aromatic heterocycles. The fraction of sp³-hybridized carbons (Fsp3) is 0.464. The van der Waals surface area contributed by atoms with E-state index in [2.05, 4.69) is 36.9 Å². The molecule has 0 spiro atoms. The predicted molar refractivity (Wildman–Crippen MR) is 141 cm³/mol. The molecule has 1 fully saturated rings. The number of rotatable bonds is 7. The number of hydrazone groups is 1. The molecule has 9 heteroatoms. The molecule has 2 aliphatic rings. The van der Waals surface area contributed by atoms with E-state index < -0.39 is 0 Å². The molecule has 37 heavy (non-hydrogen) atoms. The van der Waals surface area contributed by atoms with Crippen LogP contribution in [0.3, 0.4) is 0 Å². The van der Waals surface area contributed by atoms with Crippen molar-refractivity contribution in [2.24, 2.45) is 5.10 Å². The van der Waals surface area contributed by atoms with E-state index in [-0.39, 0.29) is 24.6 Å². The standard InChI is InChI=1S/C28H36N4O5/c1-6-37-28(34)31-13-11-30(12-14-31)18-27(33)32-25(22-9-7-19(2)15-20(22)3)17-24(29-32)23-10-8-21(35-4)16-26(23)36-5/h7-10,15-16,25H,6,11-14,17-18H2,1-5H3. The summed E-state index contributed by atoms with van der Waals surface area (Å²) in [5.41, 5.74) is 5.03. The average Bonchev–Trinajstić information content (AvgIpc) is 3.34. The maximum atomic E-state index is 13.6. The van der Waals surface area contributed by atoms with E-state index in [0.29, 0.717) is 50.7 Å². The fourth-order valence-corrected chi connectivity index (χ4v) is 4.95. The van der Waals surface area contributed by atoms with Crippen molar-refractivity contribution in [1.82, 2.24) is 14.8 Å². The molecule has 198 valence electrons. The molecular formula is C28H36N4O5. The van der Waals surface area contributed by atoms with Gasteiger partial charge in [-0.05, 0) is 44.0 Å². The summed E-state index contributed by atoms with van der Waals surface area (Å²) in [5, 5.41) is 6.48. The van der Waals surface area contributed by atoms with Gasteiger partial charge in [0, 0.05) is 44.2 Å².